The molecule has 0 aliphatic heterocycles. The molecule has 1 aromatic heterocycles. The molecule has 20 heavy (non-hydrogen) atoms. The SMILES string of the molecule is CSCCn1c(C(C)Cl)nc2c(S(C)(=O)=O)cccc21. The van der Waals surface area contributed by atoms with Gasteiger partial charge in [-0.3, -0.25) is 0 Å². The van der Waals surface area contributed by atoms with Crippen molar-refractivity contribution in [2.75, 3.05) is 18.3 Å². The van der Waals surface area contributed by atoms with Crippen molar-refractivity contribution in [2.24, 2.45) is 0 Å². The summed E-state index contributed by atoms with van der Waals surface area (Å²) >= 11 is 7.91. The first-order valence-electron chi connectivity index (χ1n) is 6.18. The van der Waals surface area contributed by atoms with E-state index in [0.717, 1.165) is 17.8 Å². The number of hydrogen-bond donors (Lipinski definition) is 0. The molecule has 0 N–H and O–H groups in total. The van der Waals surface area contributed by atoms with Gasteiger partial charge in [0.25, 0.3) is 0 Å². The van der Waals surface area contributed by atoms with E-state index in [1.807, 2.05) is 23.8 Å². The number of benzene rings is 1. The summed E-state index contributed by atoms with van der Waals surface area (Å²) in [5.41, 5.74) is 1.34. The summed E-state index contributed by atoms with van der Waals surface area (Å²) in [6, 6.07) is 5.23. The average Bonchev–Trinajstić information content (AvgIpc) is 2.73. The minimum absolute atomic E-state index is 0.261. The number of hydrogen-bond acceptors (Lipinski definition) is 4. The van der Waals surface area contributed by atoms with Gasteiger partial charge < -0.3 is 4.57 Å². The number of nitrogens with zero attached hydrogens (tertiary/aromatic N) is 2. The number of fused-ring (bicyclic) bond motifs is 1. The van der Waals surface area contributed by atoms with E-state index >= 15 is 0 Å². The fourth-order valence-corrected chi connectivity index (χ4v) is 3.52. The predicted molar refractivity (Wildman–Crippen MR) is 85.5 cm³/mol. The van der Waals surface area contributed by atoms with Crippen molar-refractivity contribution in [3.63, 3.8) is 0 Å². The number of aromatic nitrogens is 2. The molecule has 0 aliphatic carbocycles. The lowest BCUT2D eigenvalue weighted by atomic mass is 10.3. The highest BCUT2D eigenvalue weighted by molar-refractivity contribution is 7.98. The smallest absolute Gasteiger partial charge is 0.177 e. The molecule has 0 radical (unpaired) electrons. The van der Waals surface area contributed by atoms with Crippen LogP contribution in [0.4, 0.5) is 0 Å². The van der Waals surface area contributed by atoms with E-state index in [0.29, 0.717) is 11.3 Å². The first kappa shape index (κ1) is 15.7. The number of para-hydroxylation sites is 1. The van der Waals surface area contributed by atoms with E-state index < -0.39 is 9.84 Å². The van der Waals surface area contributed by atoms with Gasteiger partial charge >= 0.3 is 0 Å². The molecule has 1 unspecified atom stereocenters. The van der Waals surface area contributed by atoms with E-state index in [1.165, 1.54) is 6.26 Å². The summed E-state index contributed by atoms with van der Waals surface area (Å²) in [6.45, 7) is 2.61. The van der Waals surface area contributed by atoms with Gasteiger partial charge in [-0.2, -0.15) is 11.8 Å². The molecule has 0 fully saturated rings. The van der Waals surface area contributed by atoms with Crippen molar-refractivity contribution >= 4 is 44.2 Å². The van der Waals surface area contributed by atoms with Crippen LogP contribution in [0.2, 0.25) is 0 Å². The van der Waals surface area contributed by atoms with E-state index in [-0.39, 0.29) is 10.3 Å². The van der Waals surface area contributed by atoms with Gasteiger partial charge in [-0.15, -0.1) is 11.6 Å². The van der Waals surface area contributed by atoms with Gasteiger partial charge in [0.2, 0.25) is 0 Å². The van der Waals surface area contributed by atoms with Crippen molar-refractivity contribution in [1.29, 1.82) is 0 Å². The molecule has 0 spiro atoms. The molecule has 0 bridgehead atoms. The van der Waals surface area contributed by atoms with E-state index in [1.54, 1.807) is 23.9 Å². The van der Waals surface area contributed by atoms with Crippen LogP contribution in [0.25, 0.3) is 11.0 Å². The predicted octanol–water partition coefficient (Wildman–Crippen LogP) is 3.10. The highest BCUT2D eigenvalue weighted by atomic mass is 35.5. The van der Waals surface area contributed by atoms with Crippen molar-refractivity contribution in [3.8, 4) is 0 Å². The molecular formula is C13H17ClN2O2S2. The Morgan fingerprint density at radius 2 is 2.15 bits per heavy atom. The summed E-state index contributed by atoms with van der Waals surface area (Å²) in [4.78, 5) is 4.73. The second kappa shape index (κ2) is 5.95. The highest BCUT2D eigenvalue weighted by Crippen LogP contribution is 2.28. The normalized spacial score (nSPS) is 13.8. The van der Waals surface area contributed by atoms with E-state index in [9.17, 15) is 8.42 Å². The Morgan fingerprint density at radius 3 is 2.70 bits per heavy atom. The van der Waals surface area contributed by atoms with Crippen LogP contribution in [0.15, 0.2) is 23.1 Å². The number of rotatable bonds is 5. The zero-order chi connectivity index (χ0) is 14.9. The topological polar surface area (TPSA) is 52.0 Å². The van der Waals surface area contributed by atoms with Crippen molar-refractivity contribution in [1.82, 2.24) is 9.55 Å². The third kappa shape index (κ3) is 2.97. The van der Waals surface area contributed by atoms with Crippen LogP contribution in [0, 0.1) is 0 Å². The molecule has 0 amide bonds. The molecule has 2 aromatic rings. The summed E-state index contributed by atoms with van der Waals surface area (Å²) in [7, 11) is -3.30. The summed E-state index contributed by atoms with van der Waals surface area (Å²) < 4.78 is 25.7. The van der Waals surface area contributed by atoms with Gasteiger partial charge in [0.15, 0.2) is 9.84 Å². The molecule has 0 aliphatic rings. The first-order chi connectivity index (χ1) is 9.36. The second-order valence-corrected chi connectivity index (χ2v) is 8.25. The number of alkyl halides is 1. The Hall–Kier alpha value is -0.720. The minimum Gasteiger partial charge on any atom is -0.326 e. The van der Waals surface area contributed by atoms with Gasteiger partial charge in [-0.1, -0.05) is 6.07 Å². The quantitative estimate of drug-likeness (QED) is 0.789. The Balaban J connectivity index is 2.73. The van der Waals surface area contributed by atoms with Crippen molar-refractivity contribution < 1.29 is 8.42 Å². The summed E-state index contributed by atoms with van der Waals surface area (Å²) in [5.74, 6) is 1.64. The van der Waals surface area contributed by atoms with Crippen LogP contribution >= 0.6 is 23.4 Å². The first-order valence-corrected chi connectivity index (χ1v) is 9.90. The van der Waals surface area contributed by atoms with Crippen LogP contribution in [-0.2, 0) is 16.4 Å². The lowest BCUT2D eigenvalue weighted by Gasteiger charge is -2.09. The fraction of sp³-hybridized carbons (Fsp3) is 0.462. The largest absolute Gasteiger partial charge is 0.326 e. The van der Waals surface area contributed by atoms with E-state index in [2.05, 4.69) is 4.98 Å². The second-order valence-electron chi connectivity index (χ2n) is 4.63. The van der Waals surface area contributed by atoms with Crippen LogP contribution in [0.1, 0.15) is 18.1 Å². The lowest BCUT2D eigenvalue weighted by Crippen LogP contribution is -2.06. The third-order valence-electron chi connectivity index (χ3n) is 3.05. The van der Waals surface area contributed by atoms with Crippen molar-refractivity contribution in [2.45, 2.75) is 23.7 Å². The van der Waals surface area contributed by atoms with Crippen LogP contribution in [0.5, 0.6) is 0 Å². The maximum absolute atomic E-state index is 11.9. The van der Waals surface area contributed by atoms with E-state index in [4.69, 9.17) is 11.6 Å². The number of thioether (sulfide) groups is 1. The Bertz CT molecular complexity index is 723. The number of imidazole rings is 1. The molecule has 1 heterocycles. The van der Waals surface area contributed by atoms with Crippen LogP contribution in [-0.4, -0.2) is 36.2 Å². The number of aryl methyl sites for hydroxylation is 1. The number of halogens is 1. The molecular weight excluding hydrogens is 316 g/mol. The molecule has 0 saturated carbocycles. The zero-order valence-corrected chi connectivity index (χ0v) is 14.0. The molecule has 4 nitrogen and oxygen atoms in total. The summed E-state index contributed by atoms with van der Waals surface area (Å²) in [5, 5.41) is -0.267. The Morgan fingerprint density at radius 1 is 1.45 bits per heavy atom. The van der Waals surface area contributed by atoms with Gasteiger partial charge in [-0.05, 0) is 25.3 Å². The maximum atomic E-state index is 11.9. The monoisotopic (exact) mass is 332 g/mol. The average molecular weight is 333 g/mol. The Labute approximate surface area is 128 Å². The van der Waals surface area contributed by atoms with Gasteiger partial charge in [0.1, 0.15) is 11.3 Å². The molecule has 2 rings (SSSR count). The molecule has 110 valence electrons. The maximum Gasteiger partial charge on any atom is 0.177 e. The zero-order valence-electron chi connectivity index (χ0n) is 11.6. The molecule has 1 aromatic carbocycles. The van der Waals surface area contributed by atoms with Crippen LogP contribution < -0.4 is 0 Å². The number of sulfone groups is 1. The van der Waals surface area contributed by atoms with Crippen LogP contribution in [0.3, 0.4) is 0 Å². The third-order valence-corrected chi connectivity index (χ3v) is 4.96. The van der Waals surface area contributed by atoms with Gasteiger partial charge in [0.05, 0.1) is 15.8 Å². The van der Waals surface area contributed by atoms with Gasteiger partial charge in [-0.25, -0.2) is 13.4 Å². The molecule has 7 heteroatoms. The van der Waals surface area contributed by atoms with Crippen molar-refractivity contribution in [3.05, 3.63) is 24.0 Å². The summed E-state index contributed by atoms with van der Waals surface area (Å²) in [6.07, 6.45) is 3.23. The molecule has 0 saturated heterocycles. The standard InChI is InChI=1S/C13H17ClN2O2S2/c1-9(14)13-15-12-10(16(13)7-8-19-2)5-4-6-11(12)20(3,17)18/h4-6,9H,7-8H2,1-3H3. The highest BCUT2D eigenvalue weighted by Gasteiger charge is 2.20. The van der Waals surface area contributed by atoms with Gasteiger partial charge in [0, 0.05) is 18.6 Å². The lowest BCUT2D eigenvalue weighted by molar-refractivity contribution is 0.602. The molecule has 1 atom stereocenters. The Kier molecular flexibility index (Phi) is 4.66. The fourth-order valence-electron chi connectivity index (χ4n) is 2.16. The minimum atomic E-state index is -3.30.